The largest absolute Gasteiger partial charge is 0.494 e. The Bertz CT molecular complexity index is 645. The predicted octanol–water partition coefficient (Wildman–Crippen LogP) is 0.0532. The van der Waals surface area contributed by atoms with Crippen LogP contribution in [0, 0.1) is 0 Å². The van der Waals surface area contributed by atoms with Gasteiger partial charge < -0.3 is 20.1 Å². The van der Waals surface area contributed by atoms with Crippen LogP contribution in [0.15, 0.2) is 41.8 Å². The van der Waals surface area contributed by atoms with E-state index in [9.17, 15) is 0 Å². The van der Waals surface area contributed by atoms with Gasteiger partial charge in [-0.1, -0.05) is 0 Å². The highest BCUT2D eigenvalue weighted by Gasteiger charge is 2.32. The molecule has 2 aliphatic rings. The molecule has 1 unspecified atom stereocenters. The lowest BCUT2D eigenvalue weighted by Crippen LogP contribution is -2.71. The lowest BCUT2D eigenvalue weighted by molar-refractivity contribution is -0.362. The summed E-state index contributed by atoms with van der Waals surface area (Å²) in [7, 11) is 5.61. The molecular weight excluding hydrogens is 254 g/mol. The van der Waals surface area contributed by atoms with Gasteiger partial charge >= 0.3 is 0 Å². The smallest absolute Gasteiger partial charge is 0.246 e. The molecule has 1 aliphatic carbocycles. The maximum Gasteiger partial charge on any atom is 0.246 e. The predicted molar refractivity (Wildman–Crippen MR) is 78.2 cm³/mol. The first-order valence-corrected chi connectivity index (χ1v) is 6.43. The third kappa shape index (κ3) is 2.01. The Morgan fingerprint density at radius 1 is 1.35 bits per heavy atom. The number of benzene rings is 1. The fraction of sp³-hybridized carbons (Fsp3) is 0.267. The molecule has 0 fully saturated rings. The van der Waals surface area contributed by atoms with Crippen LogP contribution in [0.2, 0.25) is 0 Å². The third-order valence-corrected chi connectivity index (χ3v) is 3.44. The van der Waals surface area contributed by atoms with E-state index >= 15 is 0 Å². The lowest BCUT2D eigenvalue weighted by Gasteiger charge is -2.23. The molecule has 3 N–H and O–H groups in total. The molecule has 5 nitrogen and oxygen atoms in total. The van der Waals surface area contributed by atoms with Crippen molar-refractivity contribution in [2.75, 3.05) is 26.1 Å². The number of nitrogens with one attached hydrogen (secondary N) is 1. The van der Waals surface area contributed by atoms with E-state index in [2.05, 4.69) is 4.99 Å². The highest BCUT2D eigenvalue weighted by atomic mass is 16.5. The molecule has 0 spiro atoms. The molecule has 1 aromatic carbocycles. The highest BCUT2D eigenvalue weighted by molar-refractivity contribution is 5.99. The number of rotatable bonds is 2. The van der Waals surface area contributed by atoms with Crippen LogP contribution in [0.5, 0.6) is 5.75 Å². The van der Waals surface area contributed by atoms with Crippen molar-refractivity contribution in [2.45, 2.75) is 6.10 Å². The van der Waals surface area contributed by atoms with Crippen LogP contribution in [0.1, 0.15) is 0 Å². The van der Waals surface area contributed by atoms with E-state index in [1.54, 1.807) is 7.11 Å². The van der Waals surface area contributed by atoms with Gasteiger partial charge in [0.25, 0.3) is 0 Å². The summed E-state index contributed by atoms with van der Waals surface area (Å²) in [6.07, 6.45) is 3.54. The van der Waals surface area contributed by atoms with Gasteiger partial charge in [0, 0.05) is 31.9 Å². The number of fused-ring (bicyclic) bond motifs is 2. The zero-order valence-electron chi connectivity index (χ0n) is 11.8. The monoisotopic (exact) mass is 272 g/mol. The number of hydrogen-bond donors (Lipinski definition) is 2. The highest BCUT2D eigenvalue weighted by Crippen LogP contribution is 2.30. The average molecular weight is 272 g/mol. The molecule has 0 bridgehead atoms. The second-order valence-corrected chi connectivity index (χ2v) is 5.03. The van der Waals surface area contributed by atoms with E-state index in [0.29, 0.717) is 11.5 Å². The van der Waals surface area contributed by atoms with Crippen molar-refractivity contribution in [3.05, 3.63) is 41.8 Å². The molecule has 0 radical (unpaired) electrons. The van der Waals surface area contributed by atoms with E-state index in [1.165, 1.54) is 0 Å². The maximum atomic E-state index is 6.01. The van der Waals surface area contributed by atoms with Crippen LogP contribution in [-0.4, -0.2) is 33.0 Å². The molecule has 0 saturated carbocycles. The van der Waals surface area contributed by atoms with Gasteiger partial charge in [0.05, 0.1) is 18.9 Å². The van der Waals surface area contributed by atoms with E-state index in [-0.39, 0.29) is 6.10 Å². The number of ether oxygens (including phenoxy) is 2. The quantitative estimate of drug-likeness (QED) is 0.799. The van der Waals surface area contributed by atoms with Gasteiger partial charge in [0.1, 0.15) is 5.76 Å². The Labute approximate surface area is 118 Å². The fourth-order valence-electron chi connectivity index (χ4n) is 2.31. The van der Waals surface area contributed by atoms with Gasteiger partial charge in [0.2, 0.25) is 17.5 Å². The maximum absolute atomic E-state index is 6.01. The van der Waals surface area contributed by atoms with Crippen LogP contribution >= 0.6 is 0 Å². The first kappa shape index (κ1) is 12.6. The molecule has 5 heteroatoms. The first-order chi connectivity index (χ1) is 9.58. The number of hydrogen-bond acceptors (Lipinski definition) is 4. The van der Waals surface area contributed by atoms with Gasteiger partial charge in [0.15, 0.2) is 5.75 Å². The van der Waals surface area contributed by atoms with Gasteiger partial charge in [-0.15, -0.1) is 0 Å². The Hall–Kier alpha value is -2.43. The van der Waals surface area contributed by atoms with Gasteiger partial charge in [-0.25, -0.2) is 4.99 Å². The summed E-state index contributed by atoms with van der Waals surface area (Å²) in [5, 5.41) is 0. The zero-order valence-corrected chi connectivity index (χ0v) is 11.8. The minimum absolute atomic E-state index is 0.196. The molecule has 1 atom stereocenters. The lowest BCUT2D eigenvalue weighted by atomic mass is 10.0. The van der Waals surface area contributed by atoms with E-state index < -0.39 is 0 Å². The first-order valence-electron chi connectivity index (χ1n) is 6.43. The second kappa shape index (κ2) is 4.59. The number of nitrogens with two attached hydrogens (primary N) is 1. The molecule has 0 saturated heterocycles. The Balaban J connectivity index is 2.03. The number of methoxy groups -OCH3 is 1. The summed E-state index contributed by atoms with van der Waals surface area (Å²) >= 11 is 0. The van der Waals surface area contributed by atoms with Crippen LogP contribution in [0.4, 0.5) is 11.4 Å². The van der Waals surface area contributed by atoms with E-state index in [0.717, 1.165) is 22.8 Å². The summed E-state index contributed by atoms with van der Waals surface area (Å²) in [6, 6.07) is 6.07. The average Bonchev–Trinajstić information content (AvgIpc) is 2.43. The molecule has 1 aromatic rings. The minimum Gasteiger partial charge on any atom is -0.494 e. The standard InChI is InChI=1S/C15H17N3O2/c1-18(2)9-4-5-11-14(6-9)20-15-7-10(16)13(19-3)8-12(15)17-11/h4-8,15H,16H2,1-3H3/p+1. The van der Waals surface area contributed by atoms with Crippen molar-refractivity contribution < 1.29 is 14.5 Å². The summed E-state index contributed by atoms with van der Waals surface area (Å²) < 4.78 is 11.2. The summed E-state index contributed by atoms with van der Waals surface area (Å²) in [5.41, 5.74) is 9.50. The molecule has 0 aromatic heterocycles. The SMILES string of the molecule is COC1=CC2=[NH+]c3ccc(N(C)C)cc3OC2C=C1N. The summed E-state index contributed by atoms with van der Waals surface area (Å²) in [5.74, 6) is 1.48. The Kier molecular flexibility index (Phi) is 2.89. The number of nitrogens with zero attached hydrogens (tertiary/aromatic N) is 1. The number of anilines is 1. The van der Waals surface area contributed by atoms with Crippen LogP contribution in [0.3, 0.4) is 0 Å². The third-order valence-electron chi connectivity index (χ3n) is 3.44. The van der Waals surface area contributed by atoms with Crippen LogP contribution in [-0.2, 0) is 4.74 Å². The van der Waals surface area contributed by atoms with E-state index in [1.807, 2.05) is 49.3 Å². The molecule has 3 rings (SSSR count). The molecule has 1 heterocycles. The Morgan fingerprint density at radius 2 is 2.15 bits per heavy atom. The van der Waals surface area contributed by atoms with Crippen LogP contribution in [0.25, 0.3) is 0 Å². The van der Waals surface area contributed by atoms with Gasteiger partial charge in [-0.3, -0.25) is 0 Å². The van der Waals surface area contributed by atoms with Crippen molar-refractivity contribution >= 4 is 17.1 Å². The minimum atomic E-state index is -0.196. The van der Waals surface area contributed by atoms with Crippen molar-refractivity contribution in [3.8, 4) is 5.75 Å². The van der Waals surface area contributed by atoms with Gasteiger partial charge in [-0.05, 0) is 12.1 Å². The van der Waals surface area contributed by atoms with Crippen LogP contribution < -0.4 is 20.4 Å². The van der Waals surface area contributed by atoms with Crippen molar-refractivity contribution in [3.63, 3.8) is 0 Å². The van der Waals surface area contributed by atoms with Crippen molar-refractivity contribution in [1.29, 1.82) is 0 Å². The summed E-state index contributed by atoms with van der Waals surface area (Å²) in [6.45, 7) is 0. The van der Waals surface area contributed by atoms with E-state index in [4.69, 9.17) is 15.2 Å². The Morgan fingerprint density at radius 3 is 2.85 bits per heavy atom. The topological polar surface area (TPSA) is 61.7 Å². The molecule has 20 heavy (non-hydrogen) atoms. The van der Waals surface area contributed by atoms with Crippen molar-refractivity contribution in [2.24, 2.45) is 5.73 Å². The fourth-order valence-corrected chi connectivity index (χ4v) is 2.31. The normalized spacial score (nSPS) is 19.8. The zero-order chi connectivity index (χ0) is 14.3. The molecular formula is C15H18N3O2+. The summed E-state index contributed by atoms with van der Waals surface area (Å²) in [4.78, 5) is 5.41. The molecule has 0 amide bonds. The van der Waals surface area contributed by atoms with Crippen molar-refractivity contribution in [1.82, 2.24) is 0 Å². The second-order valence-electron chi connectivity index (χ2n) is 5.03. The molecule has 1 aliphatic heterocycles. The van der Waals surface area contributed by atoms with Gasteiger partial charge in [-0.2, -0.15) is 0 Å². The molecule has 104 valence electrons.